The van der Waals surface area contributed by atoms with E-state index in [0.29, 0.717) is 36.5 Å². The molecule has 162 valence electrons. The quantitative estimate of drug-likeness (QED) is 0.659. The number of piperidine rings is 1. The third kappa shape index (κ3) is 4.61. The van der Waals surface area contributed by atoms with E-state index in [1.807, 2.05) is 60.4 Å². The summed E-state index contributed by atoms with van der Waals surface area (Å²) >= 11 is 0. The number of rotatable bonds is 6. The number of aliphatic hydroxyl groups is 1. The van der Waals surface area contributed by atoms with Gasteiger partial charge in [-0.2, -0.15) is 15.0 Å². The van der Waals surface area contributed by atoms with E-state index in [0.717, 1.165) is 18.4 Å². The lowest BCUT2D eigenvalue weighted by atomic mass is 9.93. The van der Waals surface area contributed by atoms with Crippen LogP contribution >= 0.6 is 0 Å². The number of para-hydroxylation sites is 1. The molecule has 2 aromatic carbocycles. The second-order valence-corrected chi connectivity index (χ2v) is 8.12. The zero-order valence-electron chi connectivity index (χ0n) is 17.9. The fraction of sp³-hybridized carbons (Fsp3) is 0.375. The van der Waals surface area contributed by atoms with Crippen molar-refractivity contribution in [2.45, 2.75) is 44.8 Å². The Morgan fingerprint density at radius 2 is 1.97 bits per heavy atom. The molecule has 0 spiro atoms. The molecular formula is C24H28N4O3. The second-order valence-electron chi connectivity index (χ2n) is 8.12. The number of ether oxygens (including phenoxy) is 1. The highest BCUT2D eigenvalue weighted by atomic mass is 16.5. The van der Waals surface area contributed by atoms with Crippen molar-refractivity contribution in [3.63, 3.8) is 0 Å². The van der Waals surface area contributed by atoms with Crippen molar-refractivity contribution >= 4 is 5.91 Å². The Balaban J connectivity index is 1.49. The summed E-state index contributed by atoms with van der Waals surface area (Å²) in [6.07, 6.45) is 5.44. The summed E-state index contributed by atoms with van der Waals surface area (Å²) in [7, 11) is 0. The highest BCUT2D eigenvalue weighted by Crippen LogP contribution is 2.28. The summed E-state index contributed by atoms with van der Waals surface area (Å²) in [5.74, 6) is 0.663. The summed E-state index contributed by atoms with van der Waals surface area (Å²) in [6.45, 7) is 4.95. The van der Waals surface area contributed by atoms with E-state index in [2.05, 4.69) is 10.2 Å². The molecule has 1 N–H and O–H groups in total. The standard InChI is InChI=1S/C24H28N4O3/c1-3-24(2,30)18-8-6-9-19(16-18)31-20-10-7-15-27(17-20)23(29)21-11-4-5-12-22(21)28-25-13-14-26-28/h4-6,8-9,11-14,16,20,30H,3,7,10,15,17H2,1-2H3. The molecule has 3 aromatic rings. The summed E-state index contributed by atoms with van der Waals surface area (Å²) < 4.78 is 6.22. The molecule has 1 aromatic heterocycles. The predicted molar refractivity (Wildman–Crippen MR) is 117 cm³/mol. The summed E-state index contributed by atoms with van der Waals surface area (Å²) in [5.41, 5.74) is 1.17. The molecule has 1 saturated heterocycles. The molecule has 0 radical (unpaired) electrons. The Bertz CT molecular complexity index is 1030. The Labute approximate surface area is 182 Å². The van der Waals surface area contributed by atoms with E-state index in [1.165, 1.54) is 4.80 Å². The number of hydrogen-bond donors (Lipinski definition) is 1. The van der Waals surface area contributed by atoms with Gasteiger partial charge in [-0.05, 0) is 56.0 Å². The van der Waals surface area contributed by atoms with Gasteiger partial charge in [0.25, 0.3) is 5.91 Å². The van der Waals surface area contributed by atoms with Crippen LogP contribution in [-0.2, 0) is 5.60 Å². The van der Waals surface area contributed by atoms with Crippen molar-refractivity contribution in [1.29, 1.82) is 0 Å². The van der Waals surface area contributed by atoms with Gasteiger partial charge in [-0.3, -0.25) is 4.79 Å². The lowest BCUT2D eigenvalue weighted by Gasteiger charge is -2.33. The van der Waals surface area contributed by atoms with Crippen molar-refractivity contribution in [3.8, 4) is 11.4 Å². The second kappa shape index (κ2) is 8.89. The molecule has 0 saturated carbocycles. The van der Waals surface area contributed by atoms with E-state index in [-0.39, 0.29) is 12.0 Å². The fourth-order valence-corrected chi connectivity index (χ4v) is 3.86. The van der Waals surface area contributed by atoms with Crippen molar-refractivity contribution < 1.29 is 14.6 Å². The lowest BCUT2D eigenvalue weighted by molar-refractivity contribution is 0.0502. The summed E-state index contributed by atoms with van der Waals surface area (Å²) in [6, 6.07) is 15.0. The highest BCUT2D eigenvalue weighted by Gasteiger charge is 2.28. The first kappa shape index (κ1) is 21.1. The van der Waals surface area contributed by atoms with E-state index in [9.17, 15) is 9.90 Å². The smallest absolute Gasteiger partial charge is 0.256 e. The van der Waals surface area contributed by atoms with Gasteiger partial charge in [0.15, 0.2) is 0 Å². The van der Waals surface area contributed by atoms with Crippen LogP contribution in [0.2, 0.25) is 0 Å². The van der Waals surface area contributed by atoms with Crippen molar-refractivity contribution in [2.75, 3.05) is 13.1 Å². The average Bonchev–Trinajstić information content (AvgIpc) is 3.34. The largest absolute Gasteiger partial charge is 0.489 e. The molecule has 2 unspecified atom stereocenters. The van der Waals surface area contributed by atoms with Gasteiger partial charge in [0.05, 0.1) is 35.8 Å². The molecule has 2 heterocycles. The van der Waals surface area contributed by atoms with Gasteiger partial charge < -0.3 is 14.7 Å². The molecule has 1 amide bonds. The van der Waals surface area contributed by atoms with E-state index >= 15 is 0 Å². The van der Waals surface area contributed by atoms with Crippen LogP contribution in [0.25, 0.3) is 5.69 Å². The maximum absolute atomic E-state index is 13.3. The molecule has 31 heavy (non-hydrogen) atoms. The SMILES string of the molecule is CCC(C)(O)c1cccc(OC2CCCN(C(=O)c3ccccc3-n3nccn3)C2)c1. The Kier molecular flexibility index (Phi) is 6.04. The molecule has 7 nitrogen and oxygen atoms in total. The third-order valence-corrected chi connectivity index (χ3v) is 5.88. The Hall–Kier alpha value is -3.19. The van der Waals surface area contributed by atoms with Crippen LogP contribution < -0.4 is 4.74 Å². The van der Waals surface area contributed by atoms with Crippen molar-refractivity contribution in [2.24, 2.45) is 0 Å². The van der Waals surface area contributed by atoms with E-state index in [1.54, 1.807) is 19.3 Å². The maximum Gasteiger partial charge on any atom is 0.256 e. The maximum atomic E-state index is 13.3. The van der Waals surface area contributed by atoms with Gasteiger partial charge in [0.1, 0.15) is 11.9 Å². The molecule has 0 aliphatic carbocycles. The molecule has 1 aliphatic rings. The van der Waals surface area contributed by atoms with Gasteiger partial charge in [-0.25, -0.2) is 0 Å². The third-order valence-electron chi connectivity index (χ3n) is 5.88. The number of likely N-dealkylation sites (tertiary alicyclic amines) is 1. The van der Waals surface area contributed by atoms with E-state index in [4.69, 9.17) is 4.74 Å². The normalized spacial score (nSPS) is 18.4. The zero-order valence-corrected chi connectivity index (χ0v) is 17.9. The monoisotopic (exact) mass is 420 g/mol. The van der Waals surface area contributed by atoms with Crippen LogP contribution in [0.15, 0.2) is 60.9 Å². The van der Waals surface area contributed by atoms with Crippen LogP contribution in [0.5, 0.6) is 5.75 Å². The average molecular weight is 421 g/mol. The zero-order chi connectivity index (χ0) is 21.8. The van der Waals surface area contributed by atoms with Gasteiger partial charge in [0, 0.05) is 6.54 Å². The number of carbonyl (C=O) groups excluding carboxylic acids is 1. The number of carbonyl (C=O) groups is 1. The number of amides is 1. The molecule has 4 rings (SSSR count). The van der Waals surface area contributed by atoms with Crippen LogP contribution in [0.4, 0.5) is 0 Å². The molecule has 2 atom stereocenters. The van der Waals surface area contributed by atoms with Gasteiger partial charge >= 0.3 is 0 Å². The number of hydrogen-bond acceptors (Lipinski definition) is 5. The van der Waals surface area contributed by atoms with Crippen LogP contribution in [0.1, 0.15) is 49.0 Å². The first-order valence-corrected chi connectivity index (χ1v) is 10.7. The van der Waals surface area contributed by atoms with Crippen molar-refractivity contribution in [3.05, 3.63) is 72.1 Å². The van der Waals surface area contributed by atoms with Gasteiger partial charge in [-0.15, -0.1) is 0 Å². The minimum Gasteiger partial charge on any atom is -0.489 e. The Morgan fingerprint density at radius 1 is 1.19 bits per heavy atom. The molecule has 1 fully saturated rings. The van der Waals surface area contributed by atoms with Gasteiger partial charge in [-0.1, -0.05) is 31.2 Å². The minimum atomic E-state index is -0.891. The fourth-order valence-electron chi connectivity index (χ4n) is 3.86. The number of nitrogens with zero attached hydrogens (tertiary/aromatic N) is 4. The first-order chi connectivity index (χ1) is 15.0. The van der Waals surface area contributed by atoms with Gasteiger partial charge in [0.2, 0.25) is 0 Å². The predicted octanol–water partition coefficient (Wildman–Crippen LogP) is 3.57. The summed E-state index contributed by atoms with van der Waals surface area (Å²) in [5, 5.41) is 18.9. The molecule has 0 bridgehead atoms. The van der Waals surface area contributed by atoms with Crippen LogP contribution in [0, 0.1) is 0 Å². The Morgan fingerprint density at radius 3 is 2.74 bits per heavy atom. The molecule has 1 aliphatic heterocycles. The minimum absolute atomic E-state index is 0.0520. The topological polar surface area (TPSA) is 80.5 Å². The summed E-state index contributed by atoms with van der Waals surface area (Å²) in [4.78, 5) is 16.6. The van der Waals surface area contributed by atoms with Crippen LogP contribution in [0.3, 0.4) is 0 Å². The van der Waals surface area contributed by atoms with Crippen LogP contribution in [-0.4, -0.2) is 50.1 Å². The highest BCUT2D eigenvalue weighted by molar-refractivity contribution is 5.97. The molecule has 7 heteroatoms. The van der Waals surface area contributed by atoms with E-state index < -0.39 is 5.60 Å². The number of benzene rings is 2. The number of aromatic nitrogens is 3. The van der Waals surface area contributed by atoms with Crippen molar-refractivity contribution in [1.82, 2.24) is 19.9 Å². The lowest BCUT2D eigenvalue weighted by Crippen LogP contribution is -2.44. The first-order valence-electron chi connectivity index (χ1n) is 10.7. The molecular weight excluding hydrogens is 392 g/mol.